The molecule has 2 N–H and O–H groups in total. The zero-order valence-electron chi connectivity index (χ0n) is 14.6. The molecule has 0 aliphatic carbocycles. The van der Waals surface area contributed by atoms with Gasteiger partial charge in [0.1, 0.15) is 17.4 Å². The van der Waals surface area contributed by atoms with Crippen molar-refractivity contribution < 1.29 is 9.90 Å². The van der Waals surface area contributed by atoms with Gasteiger partial charge < -0.3 is 10.4 Å². The van der Waals surface area contributed by atoms with Crippen molar-refractivity contribution in [1.29, 1.82) is 5.26 Å². The largest absolute Gasteiger partial charge is 0.508 e. The van der Waals surface area contributed by atoms with E-state index >= 15 is 0 Å². The zero-order valence-corrected chi connectivity index (χ0v) is 14.6. The summed E-state index contributed by atoms with van der Waals surface area (Å²) < 4.78 is 0. The van der Waals surface area contributed by atoms with Crippen LogP contribution in [0.3, 0.4) is 0 Å². The molecule has 0 unspecified atom stereocenters. The molecule has 0 bridgehead atoms. The van der Waals surface area contributed by atoms with Gasteiger partial charge in [-0.25, -0.2) is 0 Å². The first-order valence-electron chi connectivity index (χ1n) is 8.50. The van der Waals surface area contributed by atoms with E-state index in [0.29, 0.717) is 6.54 Å². The van der Waals surface area contributed by atoms with Crippen LogP contribution in [0.5, 0.6) is 5.75 Å². The lowest BCUT2D eigenvalue weighted by Crippen LogP contribution is -2.24. The number of nitrogens with zero attached hydrogens (tertiary/aromatic N) is 1. The van der Waals surface area contributed by atoms with Crippen molar-refractivity contribution >= 4 is 22.8 Å². The van der Waals surface area contributed by atoms with Gasteiger partial charge in [0.15, 0.2) is 0 Å². The van der Waals surface area contributed by atoms with Crippen LogP contribution in [0.4, 0.5) is 0 Å². The minimum Gasteiger partial charge on any atom is -0.508 e. The number of benzene rings is 3. The van der Waals surface area contributed by atoms with Gasteiger partial charge in [-0.1, -0.05) is 66.7 Å². The normalized spacial score (nSPS) is 11.4. The third kappa shape index (κ3) is 4.62. The maximum Gasteiger partial charge on any atom is 0.262 e. The Morgan fingerprint density at radius 2 is 1.78 bits per heavy atom. The Hall–Kier alpha value is -3.84. The van der Waals surface area contributed by atoms with E-state index in [1.54, 1.807) is 36.4 Å². The topological polar surface area (TPSA) is 73.1 Å². The van der Waals surface area contributed by atoms with E-state index in [-0.39, 0.29) is 11.3 Å². The number of phenols is 1. The quantitative estimate of drug-likeness (QED) is 0.407. The zero-order chi connectivity index (χ0) is 19.1. The Labute approximate surface area is 157 Å². The summed E-state index contributed by atoms with van der Waals surface area (Å²) in [7, 11) is 0. The summed E-state index contributed by atoms with van der Waals surface area (Å²) in [6, 6.07) is 22.5. The predicted molar refractivity (Wildman–Crippen MR) is 107 cm³/mol. The molecule has 132 valence electrons. The minimum atomic E-state index is -0.416. The number of aromatic hydroxyl groups is 1. The molecule has 3 rings (SSSR count). The third-order valence-corrected chi connectivity index (χ3v) is 4.13. The highest BCUT2D eigenvalue weighted by Crippen LogP contribution is 2.18. The molecule has 0 saturated carbocycles. The summed E-state index contributed by atoms with van der Waals surface area (Å²) in [5.41, 5.74) is 1.89. The first kappa shape index (κ1) is 18.0. The summed E-state index contributed by atoms with van der Waals surface area (Å²) in [6.07, 6.45) is 4.88. The van der Waals surface area contributed by atoms with Gasteiger partial charge in [0.05, 0.1) is 0 Å². The number of rotatable bonds is 5. The minimum absolute atomic E-state index is 0.0327. The highest BCUT2D eigenvalue weighted by Gasteiger charge is 2.08. The van der Waals surface area contributed by atoms with Crippen LogP contribution in [0.25, 0.3) is 16.8 Å². The number of hydrogen-bond acceptors (Lipinski definition) is 3. The molecule has 0 saturated heterocycles. The van der Waals surface area contributed by atoms with Crippen molar-refractivity contribution in [3.8, 4) is 11.8 Å². The molecule has 0 radical (unpaired) electrons. The van der Waals surface area contributed by atoms with Crippen LogP contribution in [0.15, 0.2) is 84.5 Å². The van der Waals surface area contributed by atoms with Gasteiger partial charge in [0.25, 0.3) is 5.91 Å². The second-order valence-corrected chi connectivity index (χ2v) is 5.96. The number of fused-ring (bicyclic) bond motifs is 1. The fourth-order valence-corrected chi connectivity index (χ4v) is 2.72. The molecular weight excluding hydrogens is 336 g/mol. The molecular formula is C23H18N2O2. The van der Waals surface area contributed by atoms with Gasteiger partial charge in [-0.3, -0.25) is 4.79 Å². The van der Waals surface area contributed by atoms with Crippen molar-refractivity contribution in [2.75, 3.05) is 0 Å². The summed E-state index contributed by atoms with van der Waals surface area (Å²) in [5, 5.41) is 23.5. The number of nitriles is 1. The number of carbonyl (C=O) groups is 1. The first-order valence-corrected chi connectivity index (χ1v) is 8.50. The second kappa shape index (κ2) is 8.50. The molecule has 4 heteroatoms. The fraction of sp³-hybridized carbons (Fsp3) is 0.0435. The Kier molecular flexibility index (Phi) is 5.66. The number of carbonyl (C=O) groups excluding carboxylic acids is 1. The van der Waals surface area contributed by atoms with Crippen molar-refractivity contribution in [1.82, 2.24) is 5.32 Å². The maximum absolute atomic E-state index is 12.3. The molecule has 0 aliphatic heterocycles. The number of amides is 1. The highest BCUT2D eigenvalue weighted by molar-refractivity contribution is 5.98. The molecule has 1 amide bonds. The van der Waals surface area contributed by atoms with Crippen LogP contribution in [0, 0.1) is 11.3 Å². The lowest BCUT2D eigenvalue weighted by atomic mass is 10.0. The Bertz CT molecular complexity index is 1050. The van der Waals surface area contributed by atoms with Crippen molar-refractivity contribution in [2.45, 2.75) is 6.54 Å². The van der Waals surface area contributed by atoms with Crippen LogP contribution in [0.2, 0.25) is 0 Å². The van der Waals surface area contributed by atoms with Gasteiger partial charge >= 0.3 is 0 Å². The number of nitrogens with one attached hydrogen (secondary N) is 1. The average molecular weight is 354 g/mol. The second-order valence-electron chi connectivity index (χ2n) is 5.96. The molecule has 27 heavy (non-hydrogen) atoms. The Morgan fingerprint density at radius 1 is 1.04 bits per heavy atom. The number of allylic oxidation sites excluding steroid dienone is 2. The van der Waals surface area contributed by atoms with Crippen molar-refractivity contribution in [3.05, 3.63) is 95.6 Å². The van der Waals surface area contributed by atoms with E-state index in [1.807, 2.05) is 48.5 Å². The Balaban J connectivity index is 1.68. The van der Waals surface area contributed by atoms with Crippen LogP contribution >= 0.6 is 0 Å². The van der Waals surface area contributed by atoms with Gasteiger partial charge in [0.2, 0.25) is 0 Å². The molecule has 0 fully saturated rings. The van der Waals surface area contributed by atoms with Crippen LogP contribution in [-0.4, -0.2) is 11.0 Å². The molecule has 0 atom stereocenters. The lowest BCUT2D eigenvalue weighted by Gasteiger charge is -2.08. The summed E-state index contributed by atoms with van der Waals surface area (Å²) in [6.45, 7) is 0.348. The van der Waals surface area contributed by atoms with Crippen LogP contribution in [0.1, 0.15) is 11.1 Å². The van der Waals surface area contributed by atoms with Gasteiger partial charge in [0, 0.05) is 6.54 Å². The molecule has 0 heterocycles. The van der Waals surface area contributed by atoms with E-state index in [2.05, 4.69) is 5.32 Å². The smallest absolute Gasteiger partial charge is 0.262 e. The van der Waals surface area contributed by atoms with E-state index in [4.69, 9.17) is 0 Å². The molecule has 0 spiro atoms. The van der Waals surface area contributed by atoms with E-state index in [9.17, 15) is 15.2 Å². The Morgan fingerprint density at radius 3 is 2.56 bits per heavy atom. The molecule has 0 aromatic heterocycles. The van der Waals surface area contributed by atoms with Gasteiger partial charge in [-0.2, -0.15) is 5.26 Å². The monoisotopic (exact) mass is 354 g/mol. The van der Waals surface area contributed by atoms with Crippen LogP contribution < -0.4 is 5.32 Å². The third-order valence-electron chi connectivity index (χ3n) is 4.13. The molecule has 0 aliphatic rings. The summed E-state index contributed by atoms with van der Waals surface area (Å²) in [4.78, 5) is 12.3. The SMILES string of the molecule is N#CC(=CC=Cc1ccc(O)cc1)C(=O)NCc1cccc2ccccc12. The standard InChI is InChI=1S/C23H18N2O2/c24-15-19(8-3-5-17-11-13-21(26)14-12-17)23(27)25-16-20-9-4-7-18-6-1-2-10-22(18)20/h1-14,26H,16H2,(H,25,27). The van der Waals surface area contributed by atoms with Crippen LogP contribution in [-0.2, 0) is 11.3 Å². The number of hydrogen-bond donors (Lipinski definition) is 2. The van der Waals surface area contributed by atoms with E-state index in [1.165, 1.54) is 6.08 Å². The van der Waals surface area contributed by atoms with Crippen molar-refractivity contribution in [3.63, 3.8) is 0 Å². The van der Waals surface area contributed by atoms with Gasteiger partial charge in [-0.15, -0.1) is 0 Å². The van der Waals surface area contributed by atoms with E-state index in [0.717, 1.165) is 21.9 Å². The summed E-state index contributed by atoms with van der Waals surface area (Å²) >= 11 is 0. The fourth-order valence-electron chi connectivity index (χ4n) is 2.72. The predicted octanol–water partition coefficient (Wildman–Crippen LogP) is 4.32. The first-order chi connectivity index (χ1) is 13.2. The molecule has 4 nitrogen and oxygen atoms in total. The number of phenolic OH excluding ortho intramolecular Hbond substituents is 1. The molecule has 3 aromatic rings. The maximum atomic E-state index is 12.3. The summed E-state index contributed by atoms with van der Waals surface area (Å²) in [5.74, 6) is -0.228. The average Bonchev–Trinajstić information content (AvgIpc) is 2.70. The lowest BCUT2D eigenvalue weighted by molar-refractivity contribution is -0.117. The van der Waals surface area contributed by atoms with Gasteiger partial charge in [-0.05, 0) is 40.1 Å². The van der Waals surface area contributed by atoms with E-state index < -0.39 is 5.91 Å². The highest BCUT2D eigenvalue weighted by atomic mass is 16.3. The molecule has 3 aromatic carbocycles. The van der Waals surface area contributed by atoms with Crippen molar-refractivity contribution in [2.24, 2.45) is 0 Å².